The number of benzene rings is 2. The maximum Gasteiger partial charge on any atom is 0.140 e. The van der Waals surface area contributed by atoms with E-state index in [1.165, 1.54) is 12.3 Å². The standard InChI is InChI=1S/C22H14Cl2FNO2/c23-15-5-1-3-13(9-15)22-20(21(27)14-4-2-8-26-11-14)18(12-28-22)17-7-6-16(24)10-19(17)25/h1-12,21,27H. The lowest BCUT2D eigenvalue weighted by Crippen LogP contribution is -2.03. The summed E-state index contributed by atoms with van der Waals surface area (Å²) in [6.45, 7) is 0. The van der Waals surface area contributed by atoms with Gasteiger partial charge < -0.3 is 9.52 Å². The highest BCUT2D eigenvalue weighted by Gasteiger charge is 2.26. The third-order valence-electron chi connectivity index (χ3n) is 4.41. The smallest absolute Gasteiger partial charge is 0.140 e. The number of aliphatic hydroxyl groups excluding tert-OH is 1. The zero-order valence-corrected chi connectivity index (χ0v) is 16.0. The van der Waals surface area contributed by atoms with Crippen LogP contribution in [0.4, 0.5) is 4.39 Å². The van der Waals surface area contributed by atoms with Crippen LogP contribution in [0.1, 0.15) is 17.2 Å². The molecule has 2 heterocycles. The minimum absolute atomic E-state index is 0.277. The minimum atomic E-state index is -1.08. The summed E-state index contributed by atoms with van der Waals surface area (Å²) < 4.78 is 20.4. The van der Waals surface area contributed by atoms with Gasteiger partial charge in [-0.15, -0.1) is 0 Å². The van der Waals surface area contributed by atoms with Crippen molar-refractivity contribution in [3.63, 3.8) is 0 Å². The molecule has 0 aliphatic carbocycles. The van der Waals surface area contributed by atoms with E-state index in [0.29, 0.717) is 33.0 Å². The van der Waals surface area contributed by atoms with E-state index in [9.17, 15) is 9.50 Å². The third-order valence-corrected chi connectivity index (χ3v) is 4.88. The molecule has 0 bridgehead atoms. The summed E-state index contributed by atoms with van der Waals surface area (Å²) in [4.78, 5) is 4.06. The second kappa shape index (κ2) is 7.76. The molecular weight excluding hydrogens is 400 g/mol. The van der Waals surface area contributed by atoms with E-state index in [-0.39, 0.29) is 10.6 Å². The van der Waals surface area contributed by atoms with Gasteiger partial charge in [0.2, 0.25) is 0 Å². The second-order valence-electron chi connectivity index (χ2n) is 6.22. The van der Waals surface area contributed by atoms with Gasteiger partial charge in [-0.3, -0.25) is 4.98 Å². The van der Waals surface area contributed by atoms with Crippen LogP contribution in [0, 0.1) is 5.82 Å². The van der Waals surface area contributed by atoms with Gasteiger partial charge in [0.15, 0.2) is 0 Å². The summed E-state index contributed by atoms with van der Waals surface area (Å²) in [6.07, 6.45) is 3.52. The van der Waals surface area contributed by atoms with Crippen LogP contribution in [-0.2, 0) is 0 Å². The first kappa shape index (κ1) is 18.7. The lowest BCUT2D eigenvalue weighted by Gasteiger charge is -2.14. The molecular formula is C22H14Cl2FNO2. The van der Waals surface area contributed by atoms with E-state index < -0.39 is 11.9 Å². The number of aliphatic hydroxyl groups is 1. The Kier molecular flexibility index (Phi) is 5.18. The lowest BCUT2D eigenvalue weighted by molar-refractivity contribution is 0.220. The fourth-order valence-corrected chi connectivity index (χ4v) is 3.46. The molecule has 0 amide bonds. The average Bonchev–Trinajstić information content (AvgIpc) is 3.13. The number of rotatable bonds is 4. The molecule has 4 aromatic rings. The number of aromatic nitrogens is 1. The van der Waals surface area contributed by atoms with Gasteiger partial charge in [0, 0.05) is 50.3 Å². The number of hydrogen-bond acceptors (Lipinski definition) is 3. The summed E-state index contributed by atoms with van der Waals surface area (Å²) in [6, 6.07) is 14.9. The highest BCUT2D eigenvalue weighted by Crippen LogP contribution is 2.42. The van der Waals surface area contributed by atoms with Crippen LogP contribution in [-0.4, -0.2) is 10.1 Å². The molecule has 1 N–H and O–H groups in total. The van der Waals surface area contributed by atoms with Crippen molar-refractivity contribution in [1.29, 1.82) is 0 Å². The molecule has 0 saturated heterocycles. The highest BCUT2D eigenvalue weighted by molar-refractivity contribution is 6.31. The number of furan rings is 1. The molecule has 3 nitrogen and oxygen atoms in total. The molecule has 2 aromatic heterocycles. The zero-order valence-electron chi connectivity index (χ0n) is 14.4. The first-order chi connectivity index (χ1) is 13.5. The molecule has 6 heteroatoms. The molecule has 4 rings (SSSR count). The SMILES string of the molecule is OC(c1cccnc1)c1c(-c2ccc(Cl)cc2F)coc1-c1cccc(Cl)c1. The molecule has 0 fully saturated rings. The van der Waals surface area contributed by atoms with E-state index in [1.54, 1.807) is 54.9 Å². The van der Waals surface area contributed by atoms with E-state index in [0.717, 1.165) is 0 Å². The van der Waals surface area contributed by atoms with E-state index >= 15 is 0 Å². The van der Waals surface area contributed by atoms with Gasteiger partial charge >= 0.3 is 0 Å². The van der Waals surface area contributed by atoms with Crippen LogP contribution in [0.3, 0.4) is 0 Å². The molecule has 0 spiro atoms. The Morgan fingerprint density at radius 2 is 1.79 bits per heavy atom. The van der Waals surface area contributed by atoms with Crippen molar-refractivity contribution in [3.05, 3.63) is 100 Å². The van der Waals surface area contributed by atoms with Crippen LogP contribution in [0.15, 0.2) is 77.7 Å². The summed E-state index contributed by atoms with van der Waals surface area (Å²) in [5.74, 6) is -0.103. The molecule has 0 radical (unpaired) electrons. The van der Waals surface area contributed by atoms with Crippen molar-refractivity contribution in [1.82, 2.24) is 4.98 Å². The summed E-state index contributed by atoms with van der Waals surface area (Å²) in [5.41, 5.74) is 2.37. The Morgan fingerprint density at radius 1 is 0.964 bits per heavy atom. The van der Waals surface area contributed by atoms with Crippen LogP contribution in [0.2, 0.25) is 10.0 Å². The molecule has 0 aliphatic heterocycles. The molecule has 2 aromatic carbocycles. The number of nitrogens with zero attached hydrogens (tertiary/aromatic N) is 1. The topological polar surface area (TPSA) is 46.3 Å². The Bertz CT molecular complexity index is 1130. The van der Waals surface area contributed by atoms with Gasteiger partial charge in [0.05, 0.1) is 6.26 Å². The summed E-state index contributed by atoms with van der Waals surface area (Å²) in [5, 5.41) is 11.9. The van der Waals surface area contributed by atoms with Crippen LogP contribution in [0.5, 0.6) is 0 Å². The zero-order chi connectivity index (χ0) is 19.7. The molecule has 0 aliphatic rings. The maximum atomic E-state index is 14.6. The largest absolute Gasteiger partial charge is 0.463 e. The molecule has 28 heavy (non-hydrogen) atoms. The quantitative estimate of drug-likeness (QED) is 0.413. The van der Waals surface area contributed by atoms with Crippen molar-refractivity contribution < 1.29 is 13.9 Å². The van der Waals surface area contributed by atoms with Gasteiger partial charge in [-0.05, 0) is 36.4 Å². The fraction of sp³-hybridized carbons (Fsp3) is 0.0455. The first-order valence-electron chi connectivity index (χ1n) is 8.45. The Morgan fingerprint density at radius 3 is 2.50 bits per heavy atom. The highest BCUT2D eigenvalue weighted by atomic mass is 35.5. The van der Waals surface area contributed by atoms with Gasteiger partial charge in [-0.25, -0.2) is 4.39 Å². The number of halogens is 3. The summed E-state index contributed by atoms with van der Waals surface area (Å²) in [7, 11) is 0. The Labute approximate surface area is 171 Å². The molecule has 1 unspecified atom stereocenters. The predicted molar refractivity (Wildman–Crippen MR) is 108 cm³/mol. The number of hydrogen-bond donors (Lipinski definition) is 1. The van der Waals surface area contributed by atoms with Crippen molar-refractivity contribution in [2.24, 2.45) is 0 Å². The summed E-state index contributed by atoms with van der Waals surface area (Å²) >= 11 is 12.0. The van der Waals surface area contributed by atoms with Crippen LogP contribution < -0.4 is 0 Å². The van der Waals surface area contributed by atoms with Crippen molar-refractivity contribution >= 4 is 23.2 Å². The Balaban J connectivity index is 1.94. The minimum Gasteiger partial charge on any atom is -0.463 e. The molecule has 0 saturated carbocycles. The van der Waals surface area contributed by atoms with E-state index in [4.69, 9.17) is 27.6 Å². The molecule has 140 valence electrons. The van der Waals surface area contributed by atoms with Gasteiger partial charge in [0.25, 0.3) is 0 Å². The van der Waals surface area contributed by atoms with Gasteiger partial charge in [0.1, 0.15) is 17.7 Å². The average molecular weight is 414 g/mol. The van der Waals surface area contributed by atoms with Crippen LogP contribution in [0.25, 0.3) is 22.5 Å². The van der Waals surface area contributed by atoms with Gasteiger partial charge in [-0.2, -0.15) is 0 Å². The Hall–Kier alpha value is -2.66. The third kappa shape index (κ3) is 3.54. The van der Waals surface area contributed by atoms with Crippen molar-refractivity contribution in [2.45, 2.75) is 6.10 Å². The molecule has 1 atom stereocenters. The first-order valence-corrected chi connectivity index (χ1v) is 9.21. The van der Waals surface area contributed by atoms with Crippen LogP contribution >= 0.6 is 23.2 Å². The maximum absolute atomic E-state index is 14.6. The number of pyridine rings is 1. The lowest BCUT2D eigenvalue weighted by atomic mass is 9.93. The van der Waals surface area contributed by atoms with Crippen molar-refractivity contribution in [2.75, 3.05) is 0 Å². The monoisotopic (exact) mass is 413 g/mol. The second-order valence-corrected chi connectivity index (χ2v) is 7.09. The van der Waals surface area contributed by atoms with Gasteiger partial charge in [-0.1, -0.05) is 41.4 Å². The van der Waals surface area contributed by atoms with E-state index in [1.807, 2.05) is 6.07 Å². The predicted octanol–water partition coefficient (Wildman–Crippen LogP) is 6.54. The normalized spacial score (nSPS) is 12.1. The van der Waals surface area contributed by atoms with E-state index in [2.05, 4.69) is 4.98 Å². The van der Waals surface area contributed by atoms with Crippen molar-refractivity contribution in [3.8, 4) is 22.5 Å². The fourth-order valence-electron chi connectivity index (χ4n) is 3.11.